The maximum Gasteiger partial charge on any atom is 0.333 e. The molecule has 0 spiro atoms. The number of rotatable bonds is 5. The lowest BCUT2D eigenvalue weighted by Crippen LogP contribution is -2.43. The standard InChI is InChI=1S/C12H21NO3/c1-5-12(4)13(7-9-16-12)6-8-15-11(14)10(2)3/h2,5-9H2,1,3-4H3/t12-/m1/s1. The van der Waals surface area contributed by atoms with Crippen LogP contribution in [0.15, 0.2) is 12.2 Å². The Labute approximate surface area is 97.2 Å². The molecular weight excluding hydrogens is 206 g/mol. The van der Waals surface area contributed by atoms with Crippen LogP contribution in [0.3, 0.4) is 0 Å². The third kappa shape index (κ3) is 3.06. The molecule has 4 heteroatoms. The normalized spacial score (nSPS) is 25.7. The highest BCUT2D eigenvalue weighted by molar-refractivity contribution is 5.86. The molecule has 4 nitrogen and oxygen atoms in total. The van der Waals surface area contributed by atoms with Gasteiger partial charge in [0.1, 0.15) is 12.3 Å². The fraction of sp³-hybridized carbons (Fsp3) is 0.750. The molecule has 1 saturated heterocycles. The van der Waals surface area contributed by atoms with E-state index in [0.29, 0.717) is 18.7 Å². The lowest BCUT2D eigenvalue weighted by Gasteiger charge is -2.32. The molecule has 0 aromatic carbocycles. The number of esters is 1. The van der Waals surface area contributed by atoms with Crippen molar-refractivity contribution in [3.63, 3.8) is 0 Å². The molecule has 0 aromatic rings. The molecular formula is C12H21NO3. The minimum Gasteiger partial charge on any atom is -0.461 e. The molecule has 1 aliphatic rings. The van der Waals surface area contributed by atoms with Crippen LogP contribution in [-0.2, 0) is 14.3 Å². The number of hydrogen-bond donors (Lipinski definition) is 0. The molecule has 0 unspecified atom stereocenters. The van der Waals surface area contributed by atoms with Crippen molar-refractivity contribution in [3.05, 3.63) is 12.2 Å². The Morgan fingerprint density at radius 3 is 2.88 bits per heavy atom. The van der Waals surface area contributed by atoms with Crippen molar-refractivity contribution in [2.45, 2.75) is 32.9 Å². The van der Waals surface area contributed by atoms with Gasteiger partial charge in [-0.1, -0.05) is 13.5 Å². The average molecular weight is 227 g/mol. The van der Waals surface area contributed by atoms with Crippen molar-refractivity contribution in [1.82, 2.24) is 4.90 Å². The largest absolute Gasteiger partial charge is 0.461 e. The highest BCUT2D eigenvalue weighted by Gasteiger charge is 2.35. The molecule has 0 N–H and O–H groups in total. The predicted molar refractivity (Wildman–Crippen MR) is 62.0 cm³/mol. The van der Waals surface area contributed by atoms with E-state index < -0.39 is 0 Å². The highest BCUT2D eigenvalue weighted by atomic mass is 16.5. The van der Waals surface area contributed by atoms with E-state index in [0.717, 1.165) is 19.6 Å². The van der Waals surface area contributed by atoms with Crippen molar-refractivity contribution in [2.75, 3.05) is 26.3 Å². The first-order valence-electron chi connectivity index (χ1n) is 5.71. The molecule has 1 rings (SSSR count). The summed E-state index contributed by atoms with van der Waals surface area (Å²) in [5, 5.41) is 0. The predicted octanol–water partition coefficient (Wildman–Crippen LogP) is 1.56. The first-order chi connectivity index (χ1) is 7.49. The average Bonchev–Trinajstić information content (AvgIpc) is 2.61. The monoisotopic (exact) mass is 227 g/mol. The Bertz CT molecular complexity index is 277. The van der Waals surface area contributed by atoms with E-state index in [9.17, 15) is 4.79 Å². The Balaban J connectivity index is 2.33. The maximum absolute atomic E-state index is 11.2. The van der Waals surface area contributed by atoms with Crippen molar-refractivity contribution < 1.29 is 14.3 Å². The number of carbonyl (C=O) groups is 1. The quantitative estimate of drug-likeness (QED) is 0.528. The molecule has 0 aromatic heterocycles. The first-order valence-corrected chi connectivity index (χ1v) is 5.71. The second-order valence-corrected chi connectivity index (χ2v) is 4.28. The Morgan fingerprint density at radius 1 is 1.62 bits per heavy atom. The van der Waals surface area contributed by atoms with Crippen LogP contribution in [0.5, 0.6) is 0 Å². The fourth-order valence-corrected chi connectivity index (χ4v) is 1.75. The van der Waals surface area contributed by atoms with Crippen LogP contribution >= 0.6 is 0 Å². The summed E-state index contributed by atoms with van der Waals surface area (Å²) >= 11 is 0. The lowest BCUT2D eigenvalue weighted by molar-refractivity contribution is -0.141. The molecule has 1 heterocycles. The van der Waals surface area contributed by atoms with E-state index in [2.05, 4.69) is 25.3 Å². The number of hydrogen-bond acceptors (Lipinski definition) is 4. The maximum atomic E-state index is 11.2. The van der Waals surface area contributed by atoms with E-state index in [1.165, 1.54) is 0 Å². The molecule has 0 saturated carbocycles. The van der Waals surface area contributed by atoms with Crippen molar-refractivity contribution in [3.8, 4) is 0 Å². The topological polar surface area (TPSA) is 38.8 Å². The van der Waals surface area contributed by atoms with Gasteiger partial charge in [0, 0.05) is 18.7 Å². The van der Waals surface area contributed by atoms with Gasteiger partial charge in [-0.05, 0) is 20.3 Å². The van der Waals surface area contributed by atoms with E-state index in [4.69, 9.17) is 9.47 Å². The summed E-state index contributed by atoms with van der Waals surface area (Å²) in [6, 6.07) is 0. The summed E-state index contributed by atoms with van der Waals surface area (Å²) in [5.41, 5.74) is 0.242. The van der Waals surface area contributed by atoms with E-state index in [-0.39, 0.29) is 11.7 Å². The SMILES string of the molecule is C=C(C)C(=O)OCCN1CCO[C@]1(C)CC. The van der Waals surface area contributed by atoms with Crippen LogP contribution in [0.4, 0.5) is 0 Å². The van der Waals surface area contributed by atoms with E-state index >= 15 is 0 Å². The van der Waals surface area contributed by atoms with Gasteiger partial charge in [0.2, 0.25) is 0 Å². The second kappa shape index (κ2) is 5.46. The van der Waals surface area contributed by atoms with Crippen LogP contribution in [0.2, 0.25) is 0 Å². The molecule has 92 valence electrons. The van der Waals surface area contributed by atoms with Gasteiger partial charge in [0.25, 0.3) is 0 Å². The number of nitrogens with zero attached hydrogens (tertiary/aromatic N) is 1. The molecule has 1 fully saturated rings. The van der Waals surface area contributed by atoms with Gasteiger partial charge in [0.15, 0.2) is 0 Å². The molecule has 1 aliphatic heterocycles. The Hall–Kier alpha value is -0.870. The summed E-state index contributed by atoms with van der Waals surface area (Å²) in [6.07, 6.45) is 0.932. The van der Waals surface area contributed by atoms with E-state index in [1.807, 2.05) is 0 Å². The molecule has 0 radical (unpaired) electrons. The van der Waals surface area contributed by atoms with Gasteiger partial charge in [0.05, 0.1) is 6.61 Å². The van der Waals surface area contributed by atoms with Crippen LogP contribution in [-0.4, -0.2) is 42.9 Å². The summed E-state index contributed by atoms with van der Waals surface area (Å²) in [6.45, 7) is 12.1. The van der Waals surface area contributed by atoms with Gasteiger partial charge >= 0.3 is 5.97 Å². The first kappa shape index (κ1) is 13.2. The highest BCUT2D eigenvalue weighted by Crippen LogP contribution is 2.25. The van der Waals surface area contributed by atoms with Gasteiger partial charge in [-0.15, -0.1) is 0 Å². The van der Waals surface area contributed by atoms with Crippen LogP contribution in [0.25, 0.3) is 0 Å². The molecule has 0 aliphatic carbocycles. The van der Waals surface area contributed by atoms with Gasteiger partial charge < -0.3 is 9.47 Å². The zero-order valence-corrected chi connectivity index (χ0v) is 10.4. The summed E-state index contributed by atoms with van der Waals surface area (Å²) in [4.78, 5) is 13.4. The molecule has 1 atom stereocenters. The van der Waals surface area contributed by atoms with Crippen LogP contribution in [0, 0.1) is 0 Å². The van der Waals surface area contributed by atoms with Crippen molar-refractivity contribution in [1.29, 1.82) is 0 Å². The Kier molecular flexibility index (Phi) is 4.50. The zero-order valence-electron chi connectivity index (χ0n) is 10.4. The fourth-order valence-electron chi connectivity index (χ4n) is 1.75. The van der Waals surface area contributed by atoms with Gasteiger partial charge in [-0.25, -0.2) is 4.79 Å². The smallest absolute Gasteiger partial charge is 0.333 e. The zero-order chi connectivity index (χ0) is 12.2. The van der Waals surface area contributed by atoms with Crippen LogP contribution in [0.1, 0.15) is 27.2 Å². The molecule has 0 bridgehead atoms. The summed E-state index contributed by atoms with van der Waals surface area (Å²) in [7, 11) is 0. The minimum absolute atomic E-state index is 0.199. The lowest BCUT2D eigenvalue weighted by atomic mass is 10.2. The van der Waals surface area contributed by atoms with Crippen LogP contribution < -0.4 is 0 Å². The van der Waals surface area contributed by atoms with E-state index in [1.54, 1.807) is 6.92 Å². The number of carbonyl (C=O) groups excluding carboxylic acids is 1. The summed E-state index contributed by atoms with van der Waals surface area (Å²) < 4.78 is 10.7. The minimum atomic E-state index is -0.321. The third-order valence-electron chi connectivity index (χ3n) is 3.04. The molecule has 0 amide bonds. The second-order valence-electron chi connectivity index (χ2n) is 4.28. The summed E-state index contributed by atoms with van der Waals surface area (Å²) in [5.74, 6) is -0.321. The third-order valence-corrected chi connectivity index (χ3v) is 3.04. The van der Waals surface area contributed by atoms with Gasteiger partial charge in [-0.3, -0.25) is 4.90 Å². The number of ether oxygens (including phenoxy) is 2. The van der Waals surface area contributed by atoms with Crippen molar-refractivity contribution in [2.24, 2.45) is 0 Å². The molecule has 16 heavy (non-hydrogen) atoms. The van der Waals surface area contributed by atoms with Crippen molar-refractivity contribution >= 4 is 5.97 Å². The van der Waals surface area contributed by atoms with Gasteiger partial charge in [-0.2, -0.15) is 0 Å². The Morgan fingerprint density at radius 2 is 2.31 bits per heavy atom.